The molecule has 1 aromatic heterocycles. The molecule has 0 amide bonds. The molecule has 22 heavy (non-hydrogen) atoms. The average Bonchev–Trinajstić information content (AvgIpc) is 2.92. The summed E-state index contributed by atoms with van der Waals surface area (Å²) in [6.45, 7) is 5.21. The van der Waals surface area contributed by atoms with Crippen molar-refractivity contribution >= 4 is 41.5 Å². The van der Waals surface area contributed by atoms with Gasteiger partial charge in [-0.1, -0.05) is 30.6 Å². The molecule has 8 heteroatoms. The number of guanidine groups is 1. The normalized spacial score (nSPS) is 11.4. The second-order valence-electron chi connectivity index (χ2n) is 4.99. The minimum absolute atomic E-state index is 0. The SMILES string of the molecule is CC(C)CNC(N)=NCc1nc(-c2ccc(Cl)cc2)no1.I. The van der Waals surface area contributed by atoms with Crippen molar-refractivity contribution in [2.24, 2.45) is 16.6 Å². The first-order valence-corrected chi connectivity index (χ1v) is 7.04. The number of rotatable bonds is 5. The van der Waals surface area contributed by atoms with Crippen LogP contribution in [0.4, 0.5) is 0 Å². The Balaban J connectivity index is 0.00000242. The van der Waals surface area contributed by atoms with Crippen molar-refractivity contribution < 1.29 is 4.52 Å². The highest BCUT2D eigenvalue weighted by Crippen LogP contribution is 2.18. The van der Waals surface area contributed by atoms with Gasteiger partial charge in [-0.3, -0.25) is 0 Å². The number of aliphatic imine (C=N–C) groups is 1. The molecule has 0 atom stereocenters. The lowest BCUT2D eigenvalue weighted by atomic mass is 10.2. The monoisotopic (exact) mass is 435 g/mol. The van der Waals surface area contributed by atoms with Crippen LogP contribution in [0.15, 0.2) is 33.8 Å². The number of nitrogens with one attached hydrogen (secondary N) is 1. The molecular weight excluding hydrogens is 417 g/mol. The van der Waals surface area contributed by atoms with Gasteiger partial charge in [-0.05, 0) is 30.2 Å². The highest BCUT2D eigenvalue weighted by Gasteiger charge is 2.08. The maximum atomic E-state index is 5.84. The molecular formula is C14H19ClIN5O. The third kappa shape index (κ3) is 5.80. The van der Waals surface area contributed by atoms with Gasteiger partial charge in [0.2, 0.25) is 11.7 Å². The van der Waals surface area contributed by atoms with Gasteiger partial charge in [-0.2, -0.15) is 4.98 Å². The van der Waals surface area contributed by atoms with Gasteiger partial charge < -0.3 is 15.6 Å². The van der Waals surface area contributed by atoms with E-state index in [9.17, 15) is 0 Å². The van der Waals surface area contributed by atoms with Crippen LogP contribution < -0.4 is 11.1 Å². The van der Waals surface area contributed by atoms with E-state index >= 15 is 0 Å². The molecule has 120 valence electrons. The Bertz CT molecular complexity index is 612. The first kappa shape index (κ1) is 18.7. The molecule has 0 radical (unpaired) electrons. The molecule has 1 heterocycles. The minimum Gasteiger partial charge on any atom is -0.370 e. The molecule has 0 saturated heterocycles. The molecule has 0 bridgehead atoms. The summed E-state index contributed by atoms with van der Waals surface area (Å²) < 4.78 is 5.14. The highest BCUT2D eigenvalue weighted by molar-refractivity contribution is 14.0. The quantitative estimate of drug-likeness (QED) is 0.428. The molecule has 3 N–H and O–H groups in total. The molecule has 0 spiro atoms. The van der Waals surface area contributed by atoms with Crippen LogP contribution in [0.3, 0.4) is 0 Å². The Labute approximate surface area is 151 Å². The van der Waals surface area contributed by atoms with Crippen molar-refractivity contribution in [3.8, 4) is 11.4 Å². The van der Waals surface area contributed by atoms with Crippen molar-refractivity contribution in [2.75, 3.05) is 6.54 Å². The summed E-state index contributed by atoms with van der Waals surface area (Å²) in [5.41, 5.74) is 6.58. The van der Waals surface area contributed by atoms with Crippen molar-refractivity contribution in [3.05, 3.63) is 35.2 Å². The maximum Gasteiger partial charge on any atom is 0.248 e. The fraction of sp³-hybridized carbons (Fsp3) is 0.357. The summed E-state index contributed by atoms with van der Waals surface area (Å²) in [5, 5.41) is 7.59. The Hall–Kier alpha value is -1.35. The zero-order chi connectivity index (χ0) is 15.2. The van der Waals surface area contributed by atoms with Crippen molar-refractivity contribution in [1.82, 2.24) is 15.5 Å². The third-order valence-corrected chi connectivity index (χ3v) is 2.90. The molecule has 2 rings (SSSR count). The van der Waals surface area contributed by atoms with Gasteiger partial charge in [0.05, 0.1) is 0 Å². The van der Waals surface area contributed by atoms with Gasteiger partial charge in [0.15, 0.2) is 5.96 Å². The summed E-state index contributed by atoms with van der Waals surface area (Å²) in [7, 11) is 0. The van der Waals surface area contributed by atoms with Crippen LogP contribution in [0.5, 0.6) is 0 Å². The first-order chi connectivity index (χ1) is 10.0. The topological polar surface area (TPSA) is 89.3 Å². The van der Waals surface area contributed by atoms with Crippen LogP contribution in [0.1, 0.15) is 19.7 Å². The lowest BCUT2D eigenvalue weighted by Gasteiger charge is -2.06. The van der Waals surface area contributed by atoms with E-state index in [0.29, 0.717) is 28.6 Å². The van der Waals surface area contributed by atoms with E-state index < -0.39 is 0 Å². The zero-order valence-electron chi connectivity index (χ0n) is 12.4. The van der Waals surface area contributed by atoms with Gasteiger partial charge >= 0.3 is 0 Å². The summed E-state index contributed by atoms with van der Waals surface area (Å²) in [6, 6.07) is 7.22. The smallest absolute Gasteiger partial charge is 0.248 e. The standard InChI is InChI=1S/C14H18ClN5O.HI/c1-9(2)7-17-14(16)18-8-12-19-13(20-21-12)10-3-5-11(15)6-4-10;/h3-6,9H,7-8H2,1-2H3,(H3,16,17,18);1H. The van der Waals surface area contributed by atoms with Crippen molar-refractivity contribution in [3.63, 3.8) is 0 Å². The number of nitrogens with zero attached hydrogens (tertiary/aromatic N) is 3. The van der Waals surface area contributed by atoms with E-state index in [0.717, 1.165) is 12.1 Å². The molecule has 0 unspecified atom stereocenters. The average molecular weight is 436 g/mol. The van der Waals surface area contributed by atoms with Crippen LogP contribution in [-0.4, -0.2) is 22.6 Å². The van der Waals surface area contributed by atoms with Crippen LogP contribution in [-0.2, 0) is 6.54 Å². The molecule has 0 aliphatic heterocycles. The predicted molar refractivity (Wildman–Crippen MR) is 98.3 cm³/mol. The van der Waals surface area contributed by atoms with Gasteiger partial charge in [0.1, 0.15) is 6.54 Å². The second kappa shape index (κ2) is 8.94. The summed E-state index contributed by atoms with van der Waals surface area (Å²) >= 11 is 5.84. The molecule has 2 aromatic rings. The number of benzene rings is 1. The Morgan fingerprint density at radius 2 is 2.05 bits per heavy atom. The van der Waals surface area contributed by atoms with E-state index in [1.165, 1.54) is 0 Å². The third-order valence-electron chi connectivity index (χ3n) is 2.65. The fourth-order valence-electron chi connectivity index (χ4n) is 1.55. The largest absolute Gasteiger partial charge is 0.370 e. The van der Waals surface area contributed by atoms with E-state index in [1.807, 2.05) is 12.1 Å². The van der Waals surface area contributed by atoms with Crippen LogP contribution >= 0.6 is 35.6 Å². The molecule has 0 aliphatic carbocycles. The zero-order valence-corrected chi connectivity index (χ0v) is 15.5. The maximum absolute atomic E-state index is 5.84. The number of nitrogens with two attached hydrogens (primary N) is 1. The summed E-state index contributed by atoms with van der Waals surface area (Å²) in [6.07, 6.45) is 0. The number of hydrogen-bond acceptors (Lipinski definition) is 4. The lowest BCUT2D eigenvalue weighted by Crippen LogP contribution is -2.34. The Morgan fingerprint density at radius 1 is 1.36 bits per heavy atom. The molecule has 0 fully saturated rings. The number of halogens is 2. The van der Waals surface area contributed by atoms with Crippen molar-refractivity contribution in [2.45, 2.75) is 20.4 Å². The molecule has 1 aromatic carbocycles. The van der Waals surface area contributed by atoms with Gasteiger partial charge in [-0.25, -0.2) is 4.99 Å². The van der Waals surface area contributed by atoms with E-state index in [1.54, 1.807) is 12.1 Å². The highest BCUT2D eigenvalue weighted by atomic mass is 127. The van der Waals surface area contributed by atoms with Gasteiger partial charge in [-0.15, -0.1) is 24.0 Å². The molecule has 6 nitrogen and oxygen atoms in total. The number of aromatic nitrogens is 2. The van der Waals surface area contributed by atoms with Crippen molar-refractivity contribution in [1.29, 1.82) is 0 Å². The summed E-state index contributed by atoms with van der Waals surface area (Å²) in [4.78, 5) is 8.42. The predicted octanol–water partition coefficient (Wildman–Crippen LogP) is 3.07. The Morgan fingerprint density at radius 3 is 2.68 bits per heavy atom. The number of hydrogen-bond donors (Lipinski definition) is 2. The lowest BCUT2D eigenvalue weighted by molar-refractivity contribution is 0.381. The van der Waals surface area contributed by atoms with Crippen LogP contribution in [0.2, 0.25) is 5.02 Å². The minimum atomic E-state index is 0. The first-order valence-electron chi connectivity index (χ1n) is 6.67. The van der Waals surface area contributed by atoms with E-state index in [2.05, 4.69) is 34.3 Å². The van der Waals surface area contributed by atoms with E-state index in [4.69, 9.17) is 21.9 Å². The van der Waals surface area contributed by atoms with Gasteiger partial charge in [0.25, 0.3) is 0 Å². The van der Waals surface area contributed by atoms with Crippen LogP contribution in [0, 0.1) is 5.92 Å². The summed E-state index contributed by atoms with van der Waals surface area (Å²) in [5.74, 6) is 1.79. The Kier molecular flexibility index (Phi) is 7.60. The van der Waals surface area contributed by atoms with Gasteiger partial charge in [0, 0.05) is 17.1 Å². The fourth-order valence-corrected chi connectivity index (χ4v) is 1.68. The molecule has 0 aliphatic rings. The van der Waals surface area contributed by atoms with E-state index in [-0.39, 0.29) is 30.5 Å². The van der Waals surface area contributed by atoms with Crippen LogP contribution in [0.25, 0.3) is 11.4 Å². The second-order valence-corrected chi connectivity index (χ2v) is 5.43. The molecule has 0 saturated carbocycles.